The molecule has 1 N–H and O–H groups in total. The van der Waals surface area contributed by atoms with Gasteiger partial charge in [-0.2, -0.15) is 0 Å². The maximum atomic E-state index is 14.1. The van der Waals surface area contributed by atoms with Crippen molar-refractivity contribution in [3.05, 3.63) is 48.5 Å². The molecule has 3 rings (SSSR count). The molecule has 33 heavy (non-hydrogen) atoms. The smallest absolute Gasteiger partial charge is 0.406 e. The van der Waals surface area contributed by atoms with Gasteiger partial charge in [0.05, 0.1) is 12.6 Å². The van der Waals surface area contributed by atoms with Crippen LogP contribution in [0, 0.1) is 0 Å². The van der Waals surface area contributed by atoms with E-state index in [1.54, 1.807) is 0 Å². The summed E-state index contributed by atoms with van der Waals surface area (Å²) < 4.78 is 60.7. The molecule has 1 aliphatic rings. The van der Waals surface area contributed by atoms with E-state index < -0.39 is 35.1 Å². The number of ether oxygens (including phenoxy) is 2. The van der Waals surface area contributed by atoms with Crippen LogP contribution >= 0.6 is 11.6 Å². The predicted octanol–water partition coefficient (Wildman–Crippen LogP) is 3.06. The van der Waals surface area contributed by atoms with Gasteiger partial charge in [-0.3, -0.25) is 14.5 Å². The largest absolute Gasteiger partial charge is 0.573 e. The second-order valence-corrected chi connectivity index (χ2v) is 7.63. The lowest BCUT2D eigenvalue weighted by molar-refractivity contribution is -0.274. The molecule has 1 unspecified atom stereocenters. The number of halogens is 5. The van der Waals surface area contributed by atoms with E-state index in [0.717, 1.165) is 29.2 Å². The number of nitrogens with one attached hydrogen (secondary N) is 1. The second kappa shape index (κ2) is 9.87. The maximum Gasteiger partial charge on any atom is 0.573 e. The van der Waals surface area contributed by atoms with E-state index in [-0.39, 0.29) is 23.9 Å². The molecule has 2 heterocycles. The summed E-state index contributed by atoms with van der Waals surface area (Å²) in [7, 11) is 0. The summed E-state index contributed by atoms with van der Waals surface area (Å²) in [6.07, 6.45) is -0.690. The molecule has 1 saturated heterocycles. The van der Waals surface area contributed by atoms with Gasteiger partial charge in [0, 0.05) is 30.3 Å². The number of carbonyl (C=O) groups excluding carboxylic acids is 2. The summed E-state index contributed by atoms with van der Waals surface area (Å²) in [5.74, 6) is -2.60. The van der Waals surface area contributed by atoms with Crippen molar-refractivity contribution in [2.75, 3.05) is 18.1 Å². The lowest BCUT2D eigenvalue weighted by Gasteiger charge is -2.40. The Morgan fingerprint density at radius 2 is 1.88 bits per heavy atom. The van der Waals surface area contributed by atoms with Crippen LogP contribution < -0.4 is 15.0 Å². The van der Waals surface area contributed by atoms with Crippen molar-refractivity contribution in [1.82, 2.24) is 15.3 Å². The van der Waals surface area contributed by atoms with E-state index in [2.05, 4.69) is 20.0 Å². The molecule has 3 atom stereocenters. The standard InChI is InChI=1S/C20H19ClF4N4O4/c1-19(12-8-26-11-27-9-12,18(31)28-13-6-7-32-10-13)29(17(30)16(21)22)14-2-4-15(5-3-14)33-20(23,24)25/h2-5,8-9,11,13,16H,6-7,10H2,1H3,(H,28,31)/t13?,16-,19+/m0/s1. The topological polar surface area (TPSA) is 93.6 Å². The molecular formula is C20H19ClF4N4O4. The molecule has 178 valence electrons. The quantitative estimate of drug-likeness (QED) is 0.473. The molecule has 0 spiro atoms. The number of nitrogens with zero attached hydrogens (tertiary/aromatic N) is 3. The number of rotatable bonds is 7. The molecule has 0 aliphatic carbocycles. The zero-order chi connectivity index (χ0) is 24.2. The highest BCUT2D eigenvalue weighted by atomic mass is 35.5. The van der Waals surface area contributed by atoms with Crippen molar-refractivity contribution in [2.24, 2.45) is 0 Å². The minimum Gasteiger partial charge on any atom is -0.406 e. The van der Waals surface area contributed by atoms with E-state index in [1.165, 1.54) is 25.6 Å². The molecule has 8 nitrogen and oxygen atoms in total. The fourth-order valence-electron chi connectivity index (χ4n) is 3.39. The fourth-order valence-corrected chi connectivity index (χ4v) is 3.48. The molecule has 0 radical (unpaired) electrons. The highest BCUT2D eigenvalue weighted by molar-refractivity contribution is 6.32. The highest BCUT2D eigenvalue weighted by Gasteiger charge is 2.47. The monoisotopic (exact) mass is 490 g/mol. The van der Waals surface area contributed by atoms with Gasteiger partial charge >= 0.3 is 6.36 Å². The zero-order valence-electron chi connectivity index (χ0n) is 17.2. The van der Waals surface area contributed by atoms with Crippen LogP contribution in [-0.2, 0) is 19.9 Å². The molecule has 2 amide bonds. The molecule has 1 fully saturated rings. The van der Waals surface area contributed by atoms with Crippen LogP contribution in [0.2, 0.25) is 0 Å². The van der Waals surface area contributed by atoms with Crippen molar-refractivity contribution in [2.45, 2.75) is 36.9 Å². The minimum atomic E-state index is -4.93. The number of anilines is 1. The number of amides is 2. The fraction of sp³-hybridized carbons (Fsp3) is 0.400. The molecule has 1 aliphatic heterocycles. The number of hydrogen-bond acceptors (Lipinski definition) is 6. The molecule has 13 heteroatoms. The van der Waals surface area contributed by atoms with Crippen molar-refractivity contribution in [3.8, 4) is 5.75 Å². The first-order chi connectivity index (χ1) is 15.5. The van der Waals surface area contributed by atoms with Crippen LogP contribution in [0.15, 0.2) is 43.0 Å². The first-order valence-electron chi connectivity index (χ1n) is 9.64. The van der Waals surface area contributed by atoms with Gasteiger partial charge < -0.3 is 14.8 Å². The number of alkyl halides is 5. The SMILES string of the molecule is C[C@](C(=O)NC1CCOC1)(c1cncnc1)N(C(=O)[C@H](F)Cl)c1ccc(OC(F)(F)F)cc1. The van der Waals surface area contributed by atoms with Crippen molar-refractivity contribution >= 4 is 29.1 Å². The number of benzene rings is 1. The van der Waals surface area contributed by atoms with Crippen LogP contribution in [-0.4, -0.2) is 53.0 Å². The van der Waals surface area contributed by atoms with Crippen LogP contribution in [0.4, 0.5) is 23.2 Å². The summed E-state index contributed by atoms with van der Waals surface area (Å²) >= 11 is 5.45. The molecule has 1 aromatic heterocycles. The van der Waals surface area contributed by atoms with Crippen LogP contribution in [0.3, 0.4) is 0 Å². The third-order valence-electron chi connectivity index (χ3n) is 5.01. The summed E-state index contributed by atoms with van der Waals surface area (Å²) in [6.45, 7) is 1.99. The van der Waals surface area contributed by atoms with Crippen molar-refractivity contribution in [1.29, 1.82) is 0 Å². The Bertz CT molecular complexity index is 972. The third-order valence-corrected chi connectivity index (χ3v) is 5.20. The normalized spacial score (nSPS) is 18.8. The van der Waals surface area contributed by atoms with Crippen molar-refractivity contribution in [3.63, 3.8) is 0 Å². The molecule has 0 saturated carbocycles. The maximum absolute atomic E-state index is 14.1. The summed E-state index contributed by atoms with van der Waals surface area (Å²) in [4.78, 5) is 34.8. The Balaban J connectivity index is 2.08. The van der Waals surface area contributed by atoms with Gasteiger partial charge in [-0.25, -0.2) is 14.4 Å². The lowest BCUT2D eigenvalue weighted by Crippen LogP contribution is -2.60. The molecule has 2 aromatic rings. The predicted molar refractivity (Wildman–Crippen MR) is 108 cm³/mol. The molecule has 1 aromatic carbocycles. The molecule has 0 bridgehead atoms. The Morgan fingerprint density at radius 3 is 2.39 bits per heavy atom. The van der Waals surface area contributed by atoms with E-state index in [4.69, 9.17) is 16.3 Å². The Hall–Kier alpha value is -2.99. The Morgan fingerprint density at radius 1 is 1.24 bits per heavy atom. The van der Waals surface area contributed by atoms with Gasteiger partial charge in [0.2, 0.25) is 0 Å². The van der Waals surface area contributed by atoms with E-state index in [9.17, 15) is 27.2 Å². The number of carbonyl (C=O) groups is 2. The van der Waals surface area contributed by atoms with Crippen LogP contribution in [0.1, 0.15) is 18.9 Å². The van der Waals surface area contributed by atoms with Crippen molar-refractivity contribution < 1.29 is 36.6 Å². The van der Waals surface area contributed by atoms with Gasteiger partial charge in [-0.1, -0.05) is 11.6 Å². The number of hydrogen-bond donors (Lipinski definition) is 1. The first-order valence-corrected chi connectivity index (χ1v) is 10.1. The lowest BCUT2D eigenvalue weighted by atomic mass is 9.89. The van der Waals surface area contributed by atoms with E-state index in [0.29, 0.717) is 13.0 Å². The van der Waals surface area contributed by atoms with E-state index in [1.807, 2.05) is 0 Å². The van der Waals surface area contributed by atoms with Gasteiger partial charge in [-0.05, 0) is 37.6 Å². The second-order valence-electron chi connectivity index (χ2n) is 7.25. The van der Waals surface area contributed by atoms with Gasteiger partial charge in [0.25, 0.3) is 17.4 Å². The highest BCUT2D eigenvalue weighted by Crippen LogP contribution is 2.36. The van der Waals surface area contributed by atoms with Crippen LogP contribution in [0.25, 0.3) is 0 Å². The van der Waals surface area contributed by atoms with Gasteiger partial charge in [-0.15, -0.1) is 13.2 Å². The van der Waals surface area contributed by atoms with Crippen LogP contribution in [0.5, 0.6) is 5.75 Å². The summed E-state index contributed by atoms with van der Waals surface area (Å²) in [5.41, 5.74) is -4.47. The Labute approximate surface area is 190 Å². The number of aromatic nitrogens is 2. The average molecular weight is 491 g/mol. The van der Waals surface area contributed by atoms with Gasteiger partial charge in [0.15, 0.2) is 5.54 Å². The summed E-state index contributed by atoms with van der Waals surface area (Å²) in [5, 5.41) is 2.75. The third kappa shape index (κ3) is 5.69. The Kier molecular flexibility index (Phi) is 7.38. The average Bonchev–Trinajstić information content (AvgIpc) is 3.27. The molecular weight excluding hydrogens is 472 g/mol. The minimum absolute atomic E-state index is 0.109. The van der Waals surface area contributed by atoms with Gasteiger partial charge in [0.1, 0.15) is 12.1 Å². The van der Waals surface area contributed by atoms with E-state index >= 15 is 0 Å². The first kappa shape index (κ1) is 24.6. The summed E-state index contributed by atoms with van der Waals surface area (Å²) in [6, 6.07) is 3.64. The zero-order valence-corrected chi connectivity index (χ0v) is 17.9.